The Balaban J connectivity index is 2.72. The molecular formula is C10H15NO2. The van der Waals surface area contributed by atoms with Crippen molar-refractivity contribution in [2.75, 3.05) is 13.7 Å². The second-order valence-corrected chi connectivity index (χ2v) is 2.93. The van der Waals surface area contributed by atoms with Gasteiger partial charge in [0.2, 0.25) is 0 Å². The minimum atomic E-state index is -0.656. The fraction of sp³-hybridized carbons (Fsp3) is 0.400. The van der Waals surface area contributed by atoms with E-state index in [0.717, 1.165) is 5.56 Å². The van der Waals surface area contributed by atoms with Crippen molar-refractivity contribution in [1.29, 1.82) is 0 Å². The van der Waals surface area contributed by atoms with Crippen molar-refractivity contribution >= 4 is 0 Å². The molecule has 3 nitrogen and oxygen atoms in total. The molecule has 3 N–H and O–H groups in total. The molecule has 0 amide bonds. The highest BCUT2D eigenvalue weighted by Crippen LogP contribution is 2.15. The smallest absolute Gasteiger partial charge is 0.0965 e. The summed E-state index contributed by atoms with van der Waals surface area (Å²) in [5.74, 6) is 0. The van der Waals surface area contributed by atoms with Gasteiger partial charge in [-0.2, -0.15) is 0 Å². The van der Waals surface area contributed by atoms with Crippen LogP contribution in [0.4, 0.5) is 0 Å². The quantitative estimate of drug-likeness (QED) is 0.626. The summed E-state index contributed by atoms with van der Waals surface area (Å²) >= 11 is 0. The van der Waals surface area contributed by atoms with Crippen molar-refractivity contribution in [1.82, 2.24) is 5.32 Å². The van der Waals surface area contributed by atoms with E-state index in [9.17, 15) is 5.11 Å². The molecule has 0 radical (unpaired) electrons. The van der Waals surface area contributed by atoms with Crippen LogP contribution in [0.15, 0.2) is 30.3 Å². The molecule has 0 aliphatic heterocycles. The van der Waals surface area contributed by atoms with Gasteiger partial charge in [-0.05, 0) is 12.6 Å². The summed E-state index contributed by atoms with van der Waals surface area (Å²) in [5, 5.41) is 21.5. The summed E-state index contributed by atoms with van der Waals surface area (Å²) in [7, 11) is 1.72. The van der Waals surface area contributed by atoms with Gasteiger partial charge in [0.15, 0.2) is 0 Å². The predicted molar refractivity (Wildman–Crippen MR) is 51.3 cm³/mol. The van der Waals surface area contributed by atoms with Crippen molar-refractivity contribution in [3.8, 4) is 0 Å². The Bertz CT molecular complexity index is 234. The van der Waals surface area contributed by atoms with Gasteiger partial charge in [-0.1, -0.05) is 30.3 Å². The molecular weight excluding hydrogens is 166 g/mol. The van der Waals surface area contributed by atoms with Gasteiger partial charge < -0.3 is 15.5 Å². The van der Waals surface area contributed by atoms with E-state index in [-0.39, 0.29) is 12.6 Å². The lowest BCUT2D eigenvalue weighted by molar-refractivity contribution is 0.0942. The van der Waals surface area contributed by atoms with E-state index in [1.807, 2.05) is 30.3 Å². The molecule has 0 unspecified atom stereocenters. The van der Waals surface area contributed by atoms with E-state index in [1.165, 1.54) is 0 Å². The molecule has 2 atom stereocenters. The van der Waals surface area contributed by atoms with Crippen LogP contribution in [0, 0.1) is 0 Å². The lowest BCUT2D eigenvalue weighted by Gasteiger charge is -2.20. The largest absolute Gasteiger partial charge is 0.395 e. The Morgan fingerprint density at radius 2 is 1.92 bits per heavy atom. The number of rotatable bonds is 4. The lowest BCUT2D eigenvalue weighted by Crippen LogP contribution is -2.35. The second kappa shape index (κ2) is 4.97. The van der Waals surface area contributed by atoms with Crippen molar-refractivity contribution in [3.63, 3.8) is 0 Å². The summed E-state index contributed by atoms with van der Waals surface area (Å²) in [6.45, 7) is -0.0768. The fourth-order valence-electron chi connectivity index (χ4n) is 1.23. The van der Waals surface area contributed by atoms with Gasteiger partial charge >= 0.3 is 0 Å². The second-order valence-electron chi connectivity index (χ2n) is 2.93. The number of aliphatic hydroxyl groups is 2. The zero-order chi connectivity index (χ0) is 9.68. The third-order valence-corrected chi connectivity index (χ3v) is 2.09. The molecule has 0 aliphatic carbocycles. The maximum absolute atomic E-state index is 9.76. The highest BCUT2D eigenvalue weighted by molar-refractivity contribution is 5.18. The lowest BCUT2D eigenvalue weighted by atomic mass is 10.0. The summed E-state index contributed by atoms with van der Waals surface area (Å²) < 4.78 is 0. The molecule has 0 spiro atoms. The standard InChI is InChI=1S/C10H15NO2/c1-11-9(7-12)10(13)8-5-3-2-4-6-8/h2-6,9-13H,7H2,1H3/t9-,10-/m0/s1. The van der Waals surface area contributed by atoms with Crippen molar-refractivity contribution in [2.24, 2.45) is 0 Å². The zero-order valence-corrected chi connectivity index (χ0v) is 7.64. The van der Waals surface area contributed by atoms with Gasteiger partial charge in [-0.25, -0.2) is 0 Å². The van der Waals surface area contributed by atoms with Gasteiger partial charge in [0, 0.05) is 0 Å². The molecule has 72 valence electrons. The topological polar surface area (TPSA) is 52.5 Å². The molecule has 0 aromatic heterocycles. The number of likely N-dealkylation sites (N-methyl/N-ethyl adjacent to an activating group) is 1. The number of hydrogen-bond donors (Lipinski definition) is 3. The molecule has 1 rings (SSSR count). The molecule has 0 fully saturated rings. The molecule has 3 heteroatoms. The maximum Gasteiger partial charge on any atom is 0.0965 e. The van der Waals surface area contributed by atoms with Gasteiger partial charge in [-0.15, -0.1) is 0 Å². The first-order valence-corrected chi connectivity index (χ1v) is 4.30. The van der Waals surface area contributed by atoms with Crippen LogP contribution < -0.4 is 5.32 Å². The monoisotopic (exact) mass is 181 g/mol. The highest BCUT2D eigenvalue weighted by Gasteiger charge is 2.17. The van der Waals surface area contributed by atoms with Crippen LogP contribution in [-0.2, 0) is 0 Å². The van der Waals surface area contributed by atoms with Crippen LogP contribution in [0.5, 0.6) is 0 Å². The molecule has 0 heterocycles. The van der Waals surface area contributed by atoms with Gasteiger partial charge in [0.1, 0.15) is 0 Å². The maximum atomic E-state index is 9.76. The minimum Gasteiger partial charge on any atom is -0.395 e. The van der Waals surface area contributed by atoms with E-state index >= 15 is 0 Å². The van der Waals surface area contributed by atoms with Crippen molar-refractivity contribution < 1.29 is 10.2 Å². The average Bonchev–Trinajstić information content (AvgIpc) is 2.21. The van der Waals surface area contributed by atoms with Crippen LogP contribution in [0.1, 0.15) is 11.7 Å². The molecule has 1 aromatic carbocycles. The third-order valence-electron chi connectivity index (χ3n) is 2.09. The predicted octanol–water partition coefficient (Wildman–Crippen LogP) is 0.300. The van der Waals surface area contributed by atoms with Crippen LogP contribution in [0.2, 0.25) is 0 Å². The number of hydrogen-bond acceptors (Lipinski definition) is 3. The van der Waals surface area contributed by atoms with Crippen LogP contribution in [0.25, 0.3) is 0 Å². The van der Waals surface area contributed by atoms with E-state index < -0.39 is 6.10 Å². The Hall–Kier alpha value is -0.900. The van der Waals surface area contributed by atoms with E-state index in [0.29, 0.717) is 0 Å². The summed E-state index contributed by atoms with van der Waals surface area (Å²) in [5.41, 5.74) is 0.816. The zero-order valence-electron chi connectivity index (χ0n) is 7.64. The molecule has 13 heavy (non-hydrogen) atoms. The average molecular weight is 181 g/mol. The molecule has 1 aromatic rings. The molecule has 0 bridgehead atoms. The van der Waals surface area contributed by atoms with Crippen LogP contribution in [-0.4, -0.2) is 29.9 Å². The van der Waals surface area contributed by atoms with Gasteiger partial charge in [-0.3, -0.25) is 0 Å². The van der Waals surface area contributed by atoms with E-state index in [1.54, 1.807) is 7.05 Å². The normalized spacial score (nSPS) is 15.3. The Kier molecular flexibility index (Phi) is 3.89. The van der Waals surface area contributed by atoms with Gasteiger partial charge in [0.05, 0.1) is 18.8 Å². The summed E-state index contributed by atoms with van der Waals surface area (Å²) in [6.07, 6.45) is -0.656. The van der Waals surface area contributed by atoms with Crippen molar-refractivity contribution in [3.05, 3.63) is 35.9 Å². The first-order chi connectivity index (χ1) is 6.29. The molecule has 0 saturated heterocycles. The SMILES string of the molecule is CN[C@@H](CO)[C@@H](O)c1ccccc1. The number of aliphatic hydroxyl groups excluding tert-OH is 2. The van der Waals surface area contributed by atoms with E-state index in [4.69, 9.17) is 5.11 Å². The van der Waals surface area contributed by atoms with Crippen LogP contribution in [0.3, 0.4) is 0 Å². The Morgan fingerprint density at radius 3 is 2.38 bits per heavy atom. The Morgan fingerprint density at radius 1 is 1.31 bits per heavy atom. The first-order valence-electron chi connectivity index (χ1n) is 4.30. The number of nitrogens with one attached hydrogen (secondary N) is 1. The molecule has 0 saturated carbocycles. The van der Waals surface area contributed by atoms with Crippen molar-refractivity contribution in [2.45, 2.75) is 12.1 Å². The fourth-order valence-corrected chi connectivity index (χ4v) is 1.23. The third kappa shape index (κ3) is 2.52. The summed E-state index contributed by atoms with van der Waals surface area (Å²) in [6, 6.07) is 8.99. The Labute approximate surface area is 78.0 Å². The first kappa shape index (κ1) is 10.2. The highest BCUT2D eigenvalue weighted by atomic mass is 16.3. The number of benzene rings is 1. The molecule has 0 aliphatic rings. The van der Waals surface area contributed by atoms with Crippen LogP contribution >= 0.6 is 0 Å². The summed E-state index contributed by atoms with van der Waals surface area (Å²) in [4.78, 5) is 0. The van der Waals surface area contributed by atoms with Gasteiger partial charge in [0.25, 0.3) is 0 Å². The minimum absolute atomic E-state index is 0.0768. The van der Waals surface area contributed by atoms with E-state index in [2.05, 4.69) is 5.32 Å².